The molecule has 0 aliphatic carbocycles. The van der Waals surface area contributed by atoms with Gasteiger partial charge in [0.1, 0.15) is 0 Å². The van der Waals surface area contributed by atoms with E-state index in [2.05, 4.69) is 5.32 Å². The van der Waals surface area contributed by atoms with E-state index in [-0.39, 0.29) is 35.7 Å². The van der Waals surface area contributed by atoms with Gasteiger partial charge in [-0.05, 0) is 33.6 Å². The first-order valence-corrected chi connectivity index (χ1v) is 10.1. The fourth-order valence-electron chi connectivity index (χ4n) is 3.31. The van der Waals surface area contributed by atoms with Gasteiger partial charge >= 0.3 is 0 Å². The quantitative estimate of drug-likeness (QED) is 0.751. The van der Waals surface area contributed by atoms with Crippen LogP contribution >= 0.6 is 0 Å². The van der Waals surface area contributed by atoms with Crippen molar-refractivity contribution in [3.05, 3.63) is 0 Å². The van der Waals surface area contributed by atoms with Gasteiger partial charge in [-0.25, -0.2) is 0 Å². The van der Waals surface area contributed by atoms with Crippen LogP contribution in [0.15, 0.2) is 0 Å². The standard InChI is InChI=1S/C16H30N4O4S/c1-16(2,3)20-11-12(10-14(20)21)15(22)17-13-6-8-19(9-7-13)25(23,24)18(4)5/h12-13H,6-11H2,1-5H3,(H,17,22). The summed E-state index contributed by atoms with van der Waals surface area (Å²) in [5, 5.41) is 3.00. The molecule has 2 amide bonds. The van der Waals surface area contributed by atoms with Crippen LogP contribution in [0.5, 0.6) is 0 Å². The van der Waals surface area contributed by atoms with Gasteiger partial charge in [-0.1, -0.05) is 0 Å². The summed E-state index contributed by atoms with van der Waals surface area (Å²) in [5.74, 6) is -0.413. The average molecular weight is 375 g/mol. The number of rotatable bonds is 4. The number of hydrogen-bond donors (Lipinski definition) is 1. The number of likely N-dealkylation sites (tertiary alicyclic amines) is 1. The molecule has 2 heterocycles. The van der Waals surface area contributed by atoms with E-state index < -0.39 is 10.2 Å². The molecule has 1 unspecified atom stereocenters. The maximum Gasteiger partial charge on any atom is 0.281 e. The first-order chi connectivity index (χ1) is 11.4. The lowest BCUT2D eigenvalue weighted by Crippen LogP contribution is -2.50. The number of nitrogens with one attached hydrogen (secondary N) is 1. The van der Waals surface area contributed by atoms with E-state index in [1.165, 1.54) is 22.7 Å². The van der Waals surface area contributed by atoms with Gasteiger partial charge < -0.3 is 10.2 Å². The normalized spacial score (nSPS) is 24.2. The second-order valence-corrected chi connectivity index (χ2v) is 10.2. The Kier molecular flexibility index (Phi) is 5.80. The largest absolute Gasteiger partial charge is 0.353 e. The Morgan fingerprint density at radius 1 is 1.20 bits per heavy atom. The predicted molar refractivity (Wildman–Crippen MR) is 94.9 cm³/mol. The molecule has 2 saturated heterocycles. The van der Waals surface area contributed by atoms with Crippen molar-refractivity contribution in [3.63, 3.8) is 0 Å². The van der Waals surface area contributed by atoms with Gasteiger partial charge in [-0.15, -0.1) is 0 Å². The van der Waals surface area contributed by atoms with E-state index in [0.29, 0.717) is 32.5 Å². The van der Waals surface area contributed by atoms with Crippen LogP contribution in [0, 0.1) is 5.92 Å². The molecule has 2 aliphatic rings. The fraction of sp³-hybridized carbons (Fsp3) is 0.875. The van der Waals surface area contributed by atoms with E-state index in [9.17, 15) is 18.0 Å². The second-order valence-electron chi connectivity index (χ2n) is 8.05. The lowest BCUT2D eigenvalue weighted by Gasteiger charge is -2.34. The molecule has 9 heteroatoms. The van der Waals surface area contributed by atoms with Gasteiger partial charge in [-0.2, -0.15) is 17.0 Å². The highest BCUT2D eigenvalue weighted by Crippen LogP contribution is 2.26. The van der Waals surface area contributed by atoms with Crippen molar-refractivity contribution in [1.82, 2.24) is 18.8 Å². The van der Waals surface area contributed by atoms with Gasteiger partial charge in [0.15, 0.2) is 0 Å². The van der Waals surface area contributed by atoms with E-state index in [0.717, 1.165) is 0 Å². The molecule has 0 aromatic heterocycles. The molecular weight excluding hydrogens is 344 g/mol. The first-order valence-electron chi connectivity index (χ1n) is 8.71. The van der Waals surface area contributed by atoms with Crippen molar-refractivity contribution in [3.8, 4) is 0 Å². The highest BCUT2D eigenvalue weighted by molar-refractivity contribution is 7.86. The second kappa shape index (κ2) is 7.20. The maximum absolute atomic E-state index is 12.5. The summed E-state index contributed by atoms with van der Waals surface area (Å²) < 4.78 is 26.9. The van der Waals surface area contributed by atoms with Crippen LogP contribution in [0.3, 0.4) is 0 Å². The van der Waals surface area contributed by atoms with Crippen LogP contribution in [0.1, 0.15) is 40.0 Å². The summed E-state index contributed by atoms with van der Waals surface area (Å²) >= 11 is 0. The summed E-state index contributed by atoms with van der Waals surface area (Å²) in [6.07, 6.45) is 1.42. The van der Waals surface area contributed by atoms with Crippen molar-refractivity contribution < 1.29 is 18.0 Å². The molecule has 0 radical (unpaired) electrons. The van der Waals surface area contributed by atoms with Gasteiger partial charge in [0, 0.05) is 51.7 Å². The number of hydrogen-bond acceptors (Lipinski definition) is 4. The molecule has 8 nitrogen and oxygen atoms in total. The van der Waals surface area contributed by atoms with Crippen molar-refractivity contribution in [2.75, 3.05) is 33.7 Å². The molecule has 2 rings (SSSR count). The maximum atomic E-state index is 12.5. The number of piperidine rings is 1. The Labute approximate surface area is 150 Å². The molecule has 1 atom stereocenters. The van der Waals surface area contributed by atoms with Crippen molar-refractivity contribution in [2.24, 2.45) is 5.92 Å². The van der Waals surface area contributed by atoms with Crippen LogP contribution in [0.25, 0.3) is 0 Å². The molecule has 1 N–H and O–H groups in total. The third kappa shape index (κ3) is 4.51. The van der Waals surface area contributed by atoms with Crippen LogP contribution in [-0.4, -0.2) is 79.1 Å². The van der Waals surface area contributed by atoms with Crippen LogP contribution in [-0.2, 0) is 19.8 Å². The molecule has 0 bridgehead atoms. The van der Waals surface area contributed by atoms with Crippen LogP contribution < -0.4 is 5.32 Å². The van der Waals surface area contributed by atoms with E-state index >= 15 is 0 Å². The van der Waals surface area contributed by atoms with Crippen molar-refractivity contribution in [2.45, 2.75) is 51.6 Å². The van der Waals surface area contributed by atoms with Crippen molar-refractivity contribution >= 4 is 22.0 Å². The minimum atomic E-state index is -3.40. The predicted octanol–water partition coefficient (Wildman–Crippen LogP) is 0.0204. The Bertz CT molecular complexity index is 619. The number of nitrogens with zero attached hydrogens (tertiary/aromatic N) is 3. The molecule has 2 fully saturated rings. The smallest absolute Gasteiger partial charge is 0.281 e. The van der Waals surface area contributed by atoms with E-state index in [1.807, 2.05) is 20.8 Å². The van der Waals surface area contributed by atoms with Crippen molar-refractivity contribution in [1.29, 1.82) is 0 Å². The summed E-state index contributed by atoms with van der Waals surface area (Å²) in [4.78, 5) is 26.4. The first kappa shape index (κ1) is 20.1. The van der Waals surface area contributed by atoms with Gasteiger partial charge in [-0.3, -0.25) is 9.59 Å². The van der Waals surface area contributed by atoms with Crippen LogP contribution in [0.2, 0.25) is 0 Å². The third-order valence-electron chi connectivity index (χ3n) is 4.89. The summed E-state index contributed by atoms with van der Waals surface area (Å²) in [6.45, 7) is 7.12. The van der Waals surface area contributed by atoms with Gasteiger partial charge in [0.05, 0.1) is 5.92 Å². The Morgan fingerprint density at radius 2 is 1.76 bits per heavy atom. The molecule has 2 aliphatic heterocycles. The number of carbonyl (C=O) groups is 2. The van der Waals surface area contributed by atoms with Gasteiger partial charge in [0.25, 0.3) is 10.2 Å². The lowest BCUT2D eigenvalue weighted by atomic mass is 10.0. The van der Waals surface area contributed by atoms with Crippen LogP contribution in [0.4, 0.5) is 0 Å². The molecule has 0 spiro atoms. The number of amides is 2. The summed E-state index contributed by atoms with van der Waals surface area (Å²) in [7, 11) is -0.365. The zero-order chi connectivity index (χ0) is 19.0. The summed E-state index contributed by atoms with van der Waals surface area (Å²) in [6, 6.07) is -0.0418. The highest BCUT2D eigenvalue weighted by Gasteiger charge is 2.40. The third-order valence-corrected chi connectivity index (χ3v) is 6.83. The zero-order valence-electron chi connectivity index (χ0n) is 15.8. The fourth-order valence-corrected chi connectivity index (χ4v) is 4.45. The molecular formula is C16H30N4O4S. The minimum absolute atomic E-state index is 0.0135. The Morgan fingerprint density at radius 3 is 2.20 bits per heavy atom. The lowest BCUT2D eigenvalue weighted by molar-refractivity contribution is -0.132. The summed E-state index contributed by atoms with van der Waals surface area (Å²) in [5.41, 5.74) is -0.280. The minimum Gasteiger partial charge on any atom is -0.353 e. The topological polar surface area (TPSA) is 90.0 Å². The average Bonchev–Trinajstić information content (AvgIpc) is 2.90. The molecule has 144 valence electrons. The number of carbonyl (C=O) groups excluding carboxylic acids is 2. The monoisotopic (exact) mass is 374 g/mol. The SMILES string of the molecule is CN(C)S(=O)(=O)N1CCC(NC(=O)C2CC(=O)N(C(C)(C)C)C2)CC1. The van der Waals surface area contributed by atoms with Gasteiger partial charge in [0.2, 0.25) is 11.8 Å². The van der Waals surface area contributed by atoms with E-state index in [1.54, 1.807) is 4.90 Å². The van der Waals surface area contributed by atoms with E-state index in [4.69, 9.17) is 0 Å². The molecule has 25 heavy (non-hydrogen) atoms. The molecule has 0 aromatic rings. The Hall–Kier alpha value is -1.19. The molecule has 0 saturated carbocycles. The zero-order valence-corrected chi connectivity index (χ0v) is 16.6. The Balaban J connectivity index is 1.87. The highest BCUT2D eigenvalue weighted by atomic mass is 32.2. The molecule has 0 aromatic carbocycles.